The van der Waals surface area contributed by atoms with E-state index in [0.717, 1.165) is 24.2 Å². The highest BCUT2D eigenvalue weighted by Crippen LogP contribution is 2.43. The molecule has 1 aromatic rings. The van der Waals surface area contributed by atoms with Gasteiger partial charge in [-0.05, 0) is 12.8 Å². The number of H-pyrrole nitrogens is 1. The van der Waals surface area contributed by atoms with Gasteiger partial charge in [0.2, 0.25) is 5.82 Å². The summed E-state index contributed by atoms with van der Waals surface area (Å²) in [6.45, 7) is 0.939. The first-order valence-corrected chi connectivity index (χ1v) is 5.46. The number of nitrogens with one attached hydrogen (secondary N) is 1. The Balaban J connectivity index is 1.98. The number of nitrogens with zero attached hydrogens (tertiary/aromatic N) is 5. The van der Waals surface area contributed by atoms with Crippen LogP contribution in [0.25, 0.3) is 5.57 Å². The lowest BCUT2D eigenvalue weighted by atomic mass is 9.96. The lowest BCUT2D eigenvalue weighted by Gasteiger charge is -2.29. The predicted molar refractivity (Wildman–Crippen MR) is 56.4 cm³/mol. The molecule has 16 heavy (non-hydrogen) atoms. The number of aromatic amines is 1. The van der Waals surface area contributed by atoms with E-state index in [-0.39, 0.29) is 0 Å². The van der Waals surface area contributed by atoms with Crippen molar-refractivity contribution in [3.8, 4) is 0 Å². The van der Waals surface area contributed by atoms with Gasteiger partial charge in [-0.15, -0.1) is 10.2 Å². The van der Waals surface area contributed by atoms with Crippen molar-refractivity contribution in [1.82, 2.24) is 20.4 Å². The fraction of sp³-hybridized carbons (Fsp3) is 0.400. The standard InChI is InChI=1S/C10H10N6/c1-2-6-3-4-7-8-10(12-14-11-8)13-15-16(5-1)9(6)7/h3-4,6H,1-2,5H2,(H,11,12,14). The molecule has 3 heterocycles. The van der Waals surface area contributed by atoms with Crippen LogP contribution in [0.2, 0.25) is 0 Å². The smallest absolute Gasteiger partial charge is 0.225 e. The van der Waals surface area contributed by atoms with Gasteiger partial charge in [-0.2, -0.15) is 10.3 Å². The molecule has 6 heteroatoms. The lowest BCUT2D eigenvalue weighted by Crippen LogP contribution is -2.27. The zero-order chi connectivity index (χ0) is 10.5. The molecular formula is C10H10N6. The first-order valence-electron chi connectivity index (χ1n) is 5.46. The summed E-state index contributed by atoms with van der Waals surface area (Å²) >= 11 is 0. The molecule has 1 aromatic heterocycles. The number of rotatable bonds is 0. The summed E-state index contributed by atoms with van der Waals surface area (Å²) in [5.41, 5.74) is 3.18. The minimum Gasteiger partial charge on any atom is -0.250 e. The van der Waals surface area contributed by atoms with E-state index in [1.54, 1.807) is 0 Å². The van der Waals surface area contributed by atoms with E-state index in [4.69, 9.17) is 0 Å². The highest BCUT2D eigenvalue weighted by Gasteiger charge is 2.33. The fourth-order valence-electron chi connectivity index (χ4n) is 2.60. The van der Waals surface area contributed by atoms with Crippen molar-refractivity contribution in [3.05, 3.63) is 23.5 Å². The summed E-state index contributed by atoms with van der Waals surface area (Å²) < 4.78 is 0. The third-order valence-electron chi connectivity index (χ3n) is 3.32. The topological polar surface area (TPSA) is 69.5 Å². The van der Waals surface area contributed by atoms with Crippen molar-refractivity contribution >= 4 is 11.4 Å². The highest BCUT2D eigenvalue weighted by atomic mass is 15.6. The van der Waals surface area contributed by atoms with Crippen LogP contribution in [-0.2, 0) is 0 Å². The van der Waals surface area contributed by atoms with Gasteiger partial charge >= 0.3 is 0 Å². The maximum absolute atomic E-state index is 4.24. The molecule has 80 valence electrons. The van der Waals surface area contributed by atoms with Gasteiger partial charge in [-0.25, -0.2) is 5.01 Å². The molecule has 0 radical (unpaired) electrons. The molecule has 2 aliphatic heterocycles. The molecule has 4 rings (SSSR count). The Bertz CT molecular complexity index is 537. The normalized spacial score (nSPS) is 25.8. The van der Waals surface area contributed by atoms with Gasteiger partial charge in [0.15, 0.2) is 0 Å². The first-order chi connectivity index (χ1) is 7.93. The number of aromatic nitrogens is 3. The van der Waals surface area contributed by atoms with E-state index in [0.29, 0.717) is 11.7 Å². The second-order valence-electron chi connectivity index (χ2n) is 4.22. The van der Waals surface area contributed by atoms with Crippen LogP contribution in [0, 0.1) is 5.92 Å². The summed E-state index contributed by atoms with van der Waals surface area (Å²) in [6.07, 6.45) is 6.70. The van der Waals surface area contributed by atoms with Crippen molar-refractivity contribution in [2.45, 2.75) is 12.8 Å². The Morgan fingerprint density at radius 2 is 2.38 bits per heavy atom. The zero-order valence-electron chi connectivity index (χ0n) is 8.59. The SMILES string of the molecule is C1=CC2CCCN3N=Nc4n[nH]nc4C1=C23. The van der Waals surface area contributed by atoms with Crippen LogP contribution >= 0.6 is 0 Å². The predicted octanol–water partition coefficient (Wildman–Crippen LogP) is 1.81. The molecule has 0 aromatic carbocycles. The lowest BCUT2D eigenvalue weighted by molar-refractivity contribution is 0.264. The number of hydrogen-bond acceptors (Lipinski definition) is 5. The largest absolute Gasteiger partial charge is 0.250 e. The second-order valence-corrected chi connectivity index (χ2v) is 4.22. The molecule has 1 fully saturated rings. The van der Waals surface area contributed by atoms with Crippen LogP contribution < -0.4 is 0 Å². The second kappa shape index (κ2) is 2.78. The van der Waals surface area contributed by atoms with Gasteiger partial charge in [0.05, 0.1) is 5.70 Å². The van der Waals surface area contributed by atoms with Crippen molar-refractivity contribution in [1.29, 1.82) is 0 Å². The molecule has 6 nitrogen and oxygen atoms in total. The quantitative estimate of drug-likeness (QED) is 0.716. The highest BCUT2D eigenvalue weighted by molar-refractivity contribution is 5.82. The minimum absolute atomic E-state index is 0.477. The summed E-state index contributed by atoms with van der Waals surface area (Å²) in [7, 11) is 0. The first kappa shape index (κ1) is 8.20. The Kier molecular flexibility index (Phi) is 1.42. The molecule has 0 bridgehead atoms. The molecule has 3 aliphatic rings. The maximum Gasteiger partial charge on any atom is 0.225 e. The molecular weight excluding hydrogens is 204 g/mol. The Hall–Kier alpha value is -1.98. The van der Waals surface area contributed by atoms with Crippen LogP contribution in [0.3, 0.4) is 0 Å². The molecule has 0 saturated carbocycles. The Morgan fingerprint density at radius 3 is 3.38 bits per heavy atom. The number of fused-ring (bicyclic) bond motifs is 2. The average Bonchev–Trinajstić information content (AvgIpc) is 2.88. The molecule has 1 atom stereocenters. The van der Waals surface area contributed by atoms with Crippen LogP contribution in [0.1, 0.15) is 18.5 Å². The van der Waals surface area contributed by atoms with E-state index in [2.05, 4.69) is 37.9 Å². The van der Waals surface area contributed by atoms with Crippen LogP contribution in [0.4, 0.5) is 5.82 Å². The van der Waals surface area contributed by atoms with Crippen molar-refractivity contribution < 1.29 is 0 Å². The molecule has 0 spiro atoms. The van der Waals surface area contributed by atoms with E-state index < -0.39 is 0 Å². The Labute approximate surface area is 91.7 Å². The van der Waals surface area contributed by atoms with E-state index in [1.165, 1.54) is 12.1 Å². The monoisotopic (exact) mass is 214 g/mol. The number of allylic oxidation sites excluding steroid dienone is 3. The van der Waals surface area contributed by atoms with E-state index in [9.17, 15) is 0 Å². The third kappa shape index (κ3) is 0.911. The Morgan fingerprint density at radius 1 is 1.38 bits per heavy atom. The van der Waals surface area contributed by atoms with Gasteiger partial charge in [-0.1, -0.05) is 17.4 Å². The number of hydrogen-bond donors (Lipinski definition) is 1. The molecule has 1 N–H and O–H groups in total. The van der Waals surface area contributed by atoms with Crippen LogP contribution in [0.15, 0.2) is 28.2 Å². The molecule has 0 amide bonds. The summed E-state index contributed by atoms with van der Waals surface area (Å²) in [4.78, 5) is 0. The van der Waals surface area contributed by atoms with Crippen molar-refractivity contribution in [2.24, 2.45) is 16.3 Å². The summed E-state index contributed by atoms with van der Waals surface area (Å²) in [5.74, 6) is 1.06. The maximum atomic E-state index is 4.24. The molecule has 1 unspecified atom stereocenters. The van der Waals surface area contributed by atoms with Crippen LogP contribution in [-0.4, -0.2) is 27.0 Å². The van der Waals surface area contributed by atoms with E-state index in [1.807, 2.05) is 5.01 Å². The number of piperidine rings is 1. The van der Waals surface area contributed by atoms with Gasteiger partial charge < -0.3 is 0 Å². The average molecular weight is 214 g/mol. The third-order valence-corrected chi connectivity index (χ3v) is 3.32. The van der Waals surface area contributed by atoms with Gasteiger partial charge in [0, 0.05) is 18.0 Å². The van der Waals surface area contributed by atoms with Crippen molar-refractivity contribution in [3.63, 3.8) is 0 Å². The van der Waals surface area contributed by atoms with Gasteiger partial charge in [0.1, 0.15) is 5.69 Å². The summed E-state index contributed by atoms with van der Waals surface area (Å²) in [6, 6.07) is 0. The molecule has 1 aliphatic carbocycles. The van der Waals surface area contributed by atoms with Crippen LogP contribution in [0.5, 0.6) is 0 Å². The minimum atomic E-state index is 0.477. The van der Waals surface area contributed by atoms with Gasteiger partial charge in [-0.3, -0.25) is 0 Å². The van der Waals surface area contributed by atoms with Crippen molar-refractivity contribution in [2.75, 3.05) is 6.54 Å². The summed E-state index contributed by atoms with van der Waals surface area (Å²) in [5, 5.41) is 21.1. The van der Waals surface area contributed by atoms with Gasteiger partial charge in [0.25, 0.3) is 0 Å². The fourth-order valence-corrected chi connectivity index (χ4v) is 2.60. The zero-order valence-corrected chi connectivity index (χ0v) is 8.59. The van der Waals surface area contributed by atoms with E-state index >= 15 is 0 Å². The molecule has 1 saturated heterocycles.